The van der Waals surface area contributed by atoms with Crippen LogP contribution in [0.4, 0.5) is 15.8 Å². The molecule has 64 heavy (non-hydrogen) atoms. The third-order valence-electron chi connectivity index (χ3n) is 15.3. The SMILES string of the molecule is Cn1c(=O)n(C2CCC(=O)NC2=O)c2ccc(N3CCN(C(=O)C4CCC(NC(=O)[C@@H]5NC6(CCCCC6)[C@@]6(C(=O)Nc7cc(Cl)ccc76)[C@H]5c5cccc(Cl)c5F)CC4)CC3)cc21. The number of aromatic nitrogens is 2. The van der Waals surface area contributed by atoms with Crippen LogP contribution in [0.15, 0.2) is 59.4 Å². The van der Waals surface area contributed by atoms with Gasteiger partial charge in [-0.15, -0.1) is 0 Å². The molecule has 4 aromatic rings. The second kappa shape index (κ2) is 16.3. The highest BCUT2D eigenvalue weighted by atomic mass is 35.5. The Morgan fingerprint density at radius 2 is 1.59 bits per heavy atom. The third kappa shape index (κ3) is 6.74. The Morgan fingerprint density at radius 3 is 2.33 bits per heavy atom. The van der Waals surface area contributed by atoms with Crippen LogP contribution in [-0.2, 0) is 36.4 Å². The normalized spacial score (nSPS) is 27.8. The van der Waals surface area contributed by atoms with Crippen LogP contribution in [0, 0.1) is 11.7 Å². The number of nitrogens with one attached hydrogen (secondary N) is 4. The van der Waals surface area contributed by atoms with Gasteiger partial charge in [0.2, 0.25) is 29.5 Å². The second-order valence-electron chi connectivity index (χ2n) is 18.6. The zero-order chi connectivity index (χ0) is 44.7. The number of halogens is 3. The van der Waals surface area contributed by atoms with Crippen LogP contribution in [0.3, 0.4) is 0 Å². The summed E-state index contributed by atoms with van der Waals surface area (Å²) < 4.78 is 19.3. The molecule has 6 aliphatic rings. The van der Waals surface area contributed by atoms with Gasteiger partial charge in [0.05, 0.1) is 22.1 Å². The highest BCUT2D eigenvalue weighted by Gasteiger charge is 2.72. The number of imidazole rings is 1. The van der Waals surface area contributed by atoms with Crippen LogP contribution in [0.2, 0.25) is 10.0 Å². The zero-order valence-electron chi connectivity index (χ0n) is 35.6. The molecule has 1 aromatic heterocycles. The standard InChI is InChI=1S/C47H51Cl2FN8O6/c1-55-36-25-29(13-15-34(36)58(45(55)64)35-16-17-37(59)53-41(35)60)56-20-22-57(23-21-56)43(62)26-8-11-28(12-9-26)51-42(61)40-38(30-6-5-7-32(49)39(30)50)47(46(54-40)18-3-2-4-19-46)31-14-10-27(48)24-33(31)52-44(47)63/h5-7,10,13-15,24-26,28,35,38,40,54H,2-4,8-9,11-12,16-23H2,1H3,(H,51,61)(H,52,63)(H,53,59,60)/t26?,28?,35?,38-,40+,47+/m0/s1. The molecule has 3 aromatic carbocycles. The fourth-order valence-electron chi connectivity index (χ4n) is 12.2. The van der Waals surface area contributed by atoms with Gasteiger partial charge in [-0.1, -0.05) is 60.7 Å². The lowest BCUT2D eigenvalue weighted by Gasteiger charge is -2.47. The lowest BCUT2D eigenvalue weighted by molar-refractivity contribution is -0.137. The van der Waals surface area contributed by atoms with E-state index >= 15 is 4.39 Å². The molecule has 14 nitrogen and oxygen atoms in total. The monoisotopic (exact) mass is 912 g/mol. The quantitative estimate of drug-likeness (QED) is 0.186. The molecule has 2 spiro atoms. The molecule has 0 bridgehead atoms. The molecular weight excluding hydrogens is 862 g/mol. The number of hydrogen-bond donors (Lipinski definition) is 4. The Labute approximate surface area is 379 Å². The van der Waals surface area contributed by atoms with Crippen molar-refractivity contribution >= 4 is 75.1 Å². The van der Waals surface area contributed by atoms with E-state index < -0.39 is 40.7 Å². The van der Waals surface area contributed by atoms with Crippen molar-refractivity contribution in [2.24, 2.45) is 13.0 Å². The highest BCUT2D eigenvalue weighted by Crippen LogP contribution is 2.63. The Morgan fingerprint density at radius 1 is 0.844 bits per heavy atom. The van der Waals surface area contributed by atoms with Crippen molar-refractivity contribution in [3.8, 4) is 0 Å². The molecule has 2 aliphatic carbocycles. The van der Waals surface area contributed by atoms with E-state index in [-0.39, 0.29) is 64.7 Å². The van der Waals surface area contributed by atoms with Crippen LogP contribution >= 0.6 is 23.2 Å². The molecule has 4 aliphatic heterocycles. The summed E-state index contributed by atoms with van der Waals surface area (Å²) >= 11 is 12.8. The summed E-state index contributed by atoms with van der Waals surface area (Å²) in [7, 11) is 1.67. The summed E-state index contributed by atoms with van der Waals surface area (Å²) in [5, 5.41) is 12.8. The van der Waals surface area contributed by atoms with Crippen LogP contribution in [0.25, 0.3) is 11.0 Å². The lowest BCUT2D eigenvalue weighted by atomic mass is 9.55. The van der Waals surface area contributed by atoms with E-state index in [0.717, 1.165) is 24.9 Å². The number of imide groups is 1. The number of piperidine rings is 1. The summed E-state index contributed by atoms with van der Waals surface area (Å²) in [5.74, 6) is -3.06. The van der Waals surface area contributed by atoms with E-state index in [2.05, 4.69) is 26.2 Å². The Hall–Kier alpha value is -5.25. The molecule has 4 atom stereocenters. The van der Waals surface area contributed by atoms with Gasteiger partial charge in [0.15, 0.2) is 0 Å². The van der Waals surface area contributed by atoms with E-state index in [1.807, 2.05) is 29.2 Å². The Bertz CT molecular complexity index is 2660. The van der Waals surface area contributed by atoms with Crippen molar-refractivity contribution in [1.82, 2.24) is 30.0 Å². The van der Waals surface area contributed by atoms with Crippen molar-refractivity contribution in [2.75, 3.05) is 36.4 Å². The minimum Gasteiger partial charge on any atom is -0.368 e. The number of rotatable bonds is 6. The average Bonchev–Trinajstić information content (AvgIpc) is 3.84. The van der Waals surface area contributed by atoms with E-state index in [1.54, 1.807) is 31.3 Å². The van der Waals surface area contributed by atoms with Gasteiger partial charge in [-0.05, 0) is 92.5 Å². The molecule has 2 saturated carbocycles. The maximum Gasteiger partial charge on any atom is 0.329 e. The molecule has 4 N–H and O–H groups in total. The maximum absolute atomic E-state index is 16.3. The van der Waals surface area contributed by atoms with Gasteiger partial charge in [-0.25, -0.2) is 9.18 Å². The number of carbonyl (C=O) groups is 5. The second-order valence-corrected chi connectivity index (χ2v) is 19.4. The largest absolute Gasteiger partial charge is 0.368 e. The fraction of sp³-hybridized carbons (Fsp3) is 0.489. The summed E-state index contributed by atoms with van der Waals surface area (Å²) in [6, 6.07) is 13.9. The summed E-state index contributed by atoms with van der Waals surface area (Å²) in [6.45, 7) is 2.27. The predicted molar refractivity (Wildman–Crippen MR) is 240 cm³/mol. The van der Waals surface area contributed by atoms with Crippen molar-refractivity contribution < 1.29 is 28.4 Å². The number of anilines is 2. The molecule has 336 valence electrons. The molecule has 5 fully saturated rings. The highest BCUT2D eigenvalue weighted by molar-refractivity contribution is 6.31. The summed E-state index contributed by atoms with van der Waals surface area (Å²) in [5.41, 5.74) is 1.21. The van der Waals surface area contributed by atoms with E-state index in [1.165, 1.54) is 15.2 Å². The van der Waals surface area contributed by atoms with Crippen LogP contribution in [0.5, 0.6) is 0 Å². The number of hydrogen-bond acceptors (Lipinski definition) is 8. The Kier molecular flexibility index (Phi) is 10.9. The van der Waals surface area contributed by atoms with Crippen LogP contribution in [-0.4, -0.2) is 87.4 Å². The van der Waals surface area contributed by atoms with Gasteiger partial charge in [0.1, 0.15) is 17.3 Å². The van der Waals surface area contributed by atoms with Gasteiger partial charge >= 0.3 is 5.69 Å². The molecule has 17 heteroatoms. The van der Waals surface area contributed by atoms with E-state index in [9.17, 15) is 28.8 Å². The molecule has 1 unspecified atom stereocenters. The molecule has 0 radical (unpaired) electrons. The van der Waals surface area contributed by atoms with Crippen LogP contribution in [0.1, 0.15) is 93.7 Å². The van der Waals surface area contributed by atoms with Gasteiger partial charge < -0.3 is 20.4 Å². The topological polar surface area (TPSA) is 167 Å². The van der Waals surface area contributed by atoms with Crippen molar-refractivity contribution in [1.29, 1.82) is 0 Å². The molecule has 5 amide bonds. The first-order valence-corrected chi connectivity index (χ1v) is 23.3. The molecule has 3 saturated heterocycles. The van der Waals surface area contributed by atoms with E-state index in [4.69, 9.17) is 23.2 Å². The molecule has 10 rings (SSSR count). The van der Waals surface area contributed by atoms with E-state index in [0.29, 0.717) is 92.0 Å². The molecular formula is C47H51Cl2FN8O6. The third-order valence-corrected chi connectivity index (χ3v) is 15.8. The lowest BCUT2D eigenvalue weighted by Crippen LogP contribution is -2.60. The number of benzene rings is 3. The number of fused-ring (bicyclic) bond motifs is 4. The first kappa shape index (κ1) is 42.7. The first-order chi connectivity index (χ1) is 30.8. The first-order valence-electron chi connectivity index (χ1n) is 22.5. The Balaban J connectivity index is 0.815. The minimum absolute atomic E-state index is 0.0793. The molecule has 5 heterocycles. The number of aryl methyl sites for hydroxylation is 1. The minimum atomic E-state index is -1.32. The summed E-state index contributed by atoms with van der Waals surface area (Å²) in [6.07, 6.45) is 6.77. The number of amides is 5. The van der Waals surface area contributed by atoms with Gasteiger partial charge in [0.25, 0.3) is 0 Å². The number of carbonyl (C=O) groups excluding carboxylic acids is 5. The van der Waals surface area contributed by atoms with Gasteiger partial charge in [-0.2, -0.15) is 0 Å². The fourth-order valence-corrected chi connectivity index (χ4v) is 12.6. The predicted octanol–water partition coefficient (Wildman–Crippen LogP) is 5.44. The smallest absolute Gasteiger partial charge is 0.329 e. The van der Waals surface area contributed by atoms with Gasteiger partial charge in [0, 0.05) is 79.5 Å². The number of nitrogens with zero attached hydrogens (tertiary/aromatic N) is 4. The maximum atomic E-state index is 16.3. The summed E-state index contributed by atoms with van der Waals surface area (Å²) in [4.78, 5) is 85.2. The van der Waals surface area contributed by atoms with Gasteiger partial charge in [-0.3, -0.25) is 43.7 Å². The van der Waals surface area contributed by atoms with Crippen molar-refractivity contribution in [3.63, 3.8) is 0 Å². The van der Waals surface area contributed by atoms with Crippen molar-refractivity contribution in [3.05, 3.63) is 92.1 Å². The number of piperazine rings is 1. The zero-order valence-corrected chi connectivity index (χ0v) is 37.1. The van der Waals surface area contributed by atoms with Crippen LogP contribution < -0.4 is 31.9 Å². The van der Waals surface area contributed by atoms with Crippen molar-refractivity contribution in [2.45, 2.75) is 106 Å². The average molecular weight is 914 g/mol.